The Labute approximate surface area is 122 Å². The van der Waals surface area contributed by atoms with Crippen molar-refractivity contribution in [2.75, 3.05) is 29.6 Å². The number of aliphatic hydroxyl groups excluding tert-OH is 1. The Balaban J connectivity index is 1.76. The summed E-state index contributed by atoms with van der Waals surface area (Å²) in [7, 11) is 0. The Morgan fingerprint density at radius 1 is 1.35 bits per heavy atom. The highest BCUT2D eigenvalue weighted by Crippen LogP contribution is 2.28. The molecule has 5 heteroatoms. The molecule has 20 heavy (non-hydrogen) atoms. The number of benzene rings is 1. The highest BCUT2D eigenvalue weighted by atomic mass is 32.2. The molecule has 0 bridgehead atoms. The number of allylic oxidation sites excluding steroid dienone is 1. The summed E-state index contributed by atoms with van der Waals surface area (Å²) in [5, 5.41) is 9.05. The second kappa shape index (κ2) is 5.89. The van der Waals surface area contributed by atoms with Crippen molar-refractivity contribution in [2.24, 2.45) is 0 Å². The van der Waals surface area contributed by atoms with E-state index in [1.54, 1.807) is 4.90 Å². The Morgan fingerprint density at radius 3 is 2.75 bits per heavy atom. The number of hydrogen-bond donors (Lipinski definition) is 1. The van der Waals surface area contributed by atoms with Gasteiger partial charge in [0.1, 0.15) is 6.10 Å². The predicted octanol–water partition coefficient (Wildman–Crippen LogP) is 2.52. The van der Waals surface area contributed by atoms with Crippen LogP contribution in [-0.4, -0.2) is 42.0 Å². The van der Waals surface area contributed by atoms with E-state index in [1.807, 2.05) is 23.9 Å². The molecule has 2 aliphatic heterocycles. The zero-order valence-corrected chi connectivity index (χ0v) is 11.9. The van der Waals surface area contributed by atoms with Crippen molar-refractivity contribution < 1.29 is 14.6 Å². The number of amides is 1. The molecule has 1 aromatic carbocycles. The maximum atomic E-state index is 11.7. The van der Waals surface area contributed by atoms with Crippen molar-refractivity contribution >= 4 is 29.1 Å². The third-order valence-corrected chi connectivity index (χ3v) is 4.49. The van der Waals surface area contributed by atoms with Crippen LogP contribution in [-0.2, 0) is 4.74 Å². The molecule has 0 radical (unpaired) electrons. The van der Waals surface area contributed by atoms with E-state index in [1.165, 1.54) is 16.9 Å². The number of carbonyl (C=O) groups excluding carboxylic acids is 1. The molecule has 2 aliphatic rings. The number of anilines is 1. The minimum atomic E-state index is -0.416. The van der Waals surface area contributed by atoms with E-state index in [-0.39, 0.29) is 12.7 Å². The molecule has 1 unspecified atom stereocenters. The first kappa shape index (κ1) is 13.5. The number of ether oxygens (including phenoxy) is 1. The molecule has 106 valence electrons. The molecular weight excluding hydrogens is 274 g/mol. The van der Waals surface area contributed by atoms with Crippen molar-refractivity contribution in [2.45, 2.75) is 12.5 Å². The standard InChI is InChI=1S/C15H17NO3S/c17-10-14-9-16(15(18)19-14)13-3-1-11(2-4-13)12-5-7-20-8-6-12/h1-5,14,17H,6-10H2. The van der Waals surface area contributed by atoms with Crippen LogP contribution in [0.15, 0.2) is 30.3 Å². The Hall–Kier alpha value is -1.46. The highest BCUT2D eigenvalue weighted by Gasteiger charge is 2.31. The van der Waals surface area contributed by atoms with Crippen LogP contribution in [0.3, 0.4) is 0 Å². The van der Waals surface area contributed by atoms with Gasteiger partial charge in [-0.2, -0.15) is 11.8 Å². The fourth-order valence-electron chi connectivity index (χ4n) is 2.47. The van der Waals surface area contributed by atoms with E-state index in [0.29, 0.717) is 6.54 Å². The Bertz CT molecular complexity index is 526. The van der Waals surface area contributed by atoms with Gasteiger partial charge in [0, 0.05) is 11.4 Å². The lowest BCUT2D eigenvalue weighted by atomic mass is 10.0. The first-order valence-corrected chi connectivity index (χ1v) is 7.89. The van der Waals surface area contributed by atoms with E-state index in [0.717, 1.165) is 17.9 Å². The van der Waals surface area contributed by atoms with Crippen LogP contribution in [0.1, 0.15) is 12.0 Å². The summed E-state index contributed by atoms with van der Waals surface area (Å²) < 4.78 is 5.05. The maximum absolute atomic E-state index is 11.7. The van der Waals surface area contributed by atoms with Crippen molar-refractivity contribution in [3.63, 3.8) is 0 Å². The van der Waals surface area contributed by atoms with Gasteiger partial charge in [-0.3, -0.25) is 4.90 Å². The number of aliphatic hydroxyl groups is 1. The quantitative estimate of drug-likeness (QED) is 0.929. The average Bonchev–Trinajstić information content (AvgIpc) is 2.89. The predicted molar refractivity (Wildman–Crippen MR) is 81.1 cm³/mol. The summed E-state index contributed by atoms with van der Waals surface area (Å²) in [6.07, 6.45) is 2.57. The first-order chi connectivity index (χ1) is 9.78. The summed E-state index contributed by atoms with van der Waals surface area (Å²) >= 11 is 1.95. The summed E-state index contributed by atoms with van der Waals surface area (Å²) in [5.74, 6) is 2.25. The van der Waals surface area contributed by atoms with Crippen LogP contribution >= 0.6 is 11.8 Å². The molecule has 0 aliphatic carbocycles. The smallest absolute Gasteiger partial charge is 0.414 e. The maximum Gasteiger partial charge on any atom is 0.414 e. The van der Waals surface area contributed by atoms with Crippen LogP contribution in [0.4, 0.5) is 10.5 Å². The number of nitrogens with zero attached hydrogens (tertiary/aromatic N) is 1. The van der Waals surface area contributed by atoms with Gasteiger partial charge >= 0.3 is 6.09 Å². The van der Waals surface area contributed by atoms with E-state index < -0.39 is 6.10 Å². The fourth-order valence-corrected chi connectivity index (χ4v) is 3.32. The minimum absolute atomic E-state index is 0.134. The third kappa shape index (κ3) is 2.69. The van der Waals surface area contributed by atoms with Crippen LogP contribution in [0.2, 0.25) is 0 Å². The molecule has 4 nitrogen and oxygen atoms in total. The van der Waals surface area contributed by atoms with Gasteiger partial charge in [-0.05, 0) is 35.4 Å². The molecule has 1 amide bonds. The topological polar surface area (TPSA) is 49.8 Å². The van der Waals surface area contributed by atoms with Crippen LogP contribution < -0.4 is 4.90 Å². The SMILES string of the molecule is O=C1OC(CO)CN1c1ccc(C2=CCSCC2)cc1. The molecule has 1 fully saturated rings. The van der Waals surface area contributed by atoms with Crippen molar-refractivity contribution in [1.82, 2.24) is 0 Å². The van der Waals surface area contributed by atoms with E-state index in [9.17, 15) is 4.79 Å². The van der Waals surface area contributed by atoms with Crippen LogP contribution in [0.5, 0.6) is 0 Å². The van der Waals surface area contributed by atoms with Crippen LogP contribution in [0.25, 0.3) is 5.57 Å². The first-order valence-electron chi connectivity index (χ1n) is 6.74. The number of hydrogen-bond acceptors (Lipinski definition) is 4. The fraction of sp³-hybridized carbons (Fsp3) is 0.400. The van der Waals surface area contributed by atoms with Crippen LogP contribution in [0, 0.1) is 0 Å². The number of thioether (sulfide) groups is 1. The molecule has 1 aromatic rings. The van der Waals surface area contributed by atoms with Crippen molar-refractivity contribution in [3.05, 3.63) is 35.9 Å². The number of rotatable bonds is 3. The Morgan fingerprint density at radius 2 is 2.15 bits per heavy atom. The lowest BCUT2D eigenvalue weighted by molar-refractivity contribution is 0.0963. The van der Waals surface area contributed by atoms with E-state index in [4.69, 9.17) is 9.84 Å². The monoisotopic (exact) mass is 291 g/mol. The summed E-state index contributed by atoms with van der Waals surface area (Å²) in [4.78, 5) is 13.3. The molecule has 0 spiro atoms. The third-order valence-electron chi connectivity index (χ3n) is 3.59. The van der Waals surface area contributed by atoms with Gasteiger partial charge in [-0.15, -0.1) is 0 Å². The molecule has 3 rings (SSSR count). The van der Waals surface area contributed by atoms with Gasteiger partial charge in [-0.1, -0.05) is 18.2 Å². The van der Waals surface area contributed by atoms with E-state index >= 15 is 0 Å². The lowest BCUT2D eigenvalue weighted by Gasteiger charge is -2.16. The molecule has 1 atom stereocenters. The highest BCUT2D eigenvalue weighted by molar-refractivity contribution is 7.99. The summed E-state index contributed by atoms with van der Waals surface area (Å²) in [5.41, 5.74) is 3.42. The van der Waals surface area contributed by atoms with Gasteiger partial charge in [-0.25, -0.2) is 4.79 Å². The molecule has 2 heterocycles. The van der Waals surface area contributed by atoms with Gasteiger partial charge in [0.15, 0.2) is 0 Å². The zero-order chi connectivity index (χ0) is 13.9. The molecule has 0 saturated carbocycles. The molecule has 1 N–H and O–H groups in total. The Kier molecular flexibility index (Phi) is 3.98. The second-order valence-electron chi connectivity index (χ2n) is 4.90. The minimum Gasteiger partial charge on any atom is -0.441 e. The summed E-state index contributed by atoms with van der Waals surface area (Å²) in [6, 6.07) is 7.99. The lowest BCUT2D eigenvalue weighted by Crippen LogP contribution is -2.25. The van der Waals surface area contributed by atoms with Crippen molar-refractivity contribution in [1.29, 1.82) is 0 Å². The summed E-state index contributed by atoms with van der Waals surface area (Å²) in [6.45, 7) is 0.277. The van der Waals surface area contributed by atoms with Gasteiger partial charge in [0.05, 0.1) is 13.2 Å². The van der Waals surface area contributed by atoms with E-state index in [2.05, 4.69) is 18.2 Å². The molecular formula is C15H17NO3S. The second-order valence-corrected chi connectivity index (χ2v) is 6.05. The molecule has 1 saturated heterocycles. The average molecular weight is 291 g/mol. The van der Waals surface area contributed by atoms with Gasteiger partial charge in [0.2, 0.25) is 0 Å². The zero-order valence-electron chi connectivity index (χ0n) is 11.1. The number of carbonyl (C=O) groups is 1. The number of cyclic esters (lactones) is 1. The normalized spacial score (nSPS) is 22.6. The molecule has 0 aromatic heterocycles. The van der Waals surface area contributed by atoms with Crippen molar-refractivity contribution in [3.8, 4) is 0 Å². The van der Waals surface area contributed by atoms with Gasteiger partial charge in [0.25, 0.3) is 0 Å². The largest absolute Gasteiger partial charge is 0.441 e. The van der Waals surface area contributed by atoms with Gasteiger partial charge < -0.3 is 9.84 Å².